The van der Waals surface area contributed by atoms with E-state index in [9.17, 15) is 9.59 Å². The van der Waals surface area contributed by atoms with Gasteiger partial charge in [0.05, 0.1) is 0 Å². The zero-order valence-corrected chi connectivity index (χ0v) is 11.1. The van der Waals surface area contributed by atoms with E-state index >= 15 is 0 Å². The predicted molar refractivity (Wildman–Crippen MR) is 66.3 cm³/mol. The molecule has 0 aromatic rings. The molecule has 0 spiro atoms. The van der Waals surface area contributed by atoms with Gasteiger partial charge in [0.25, 0.3) is 0 Å². The van der Waals surface area contributed by atoms with Crippen molar-refractivity contribution in [3.05, 3.63) is 0 Å². The number of hydrogen-bond acceptors (Lipinski definition) is 3. The lowest BCUT2D eigenvalue weighted by molar-refractivity contribution is -0.129. The minimum atomic E-state index is -0.492. The van der Waals surface area contributed by atoms with Crippen molar-refractivity contribution in [2.75, 3.05) is 13.2 Å². The van der Waals surface area contributed by atoms with Gasteiger partial charge >= 0.3 is 0 Å². The third-order valence-electron chi connectivity index (χ3n) is 2.55. The molecule has 0 aliphatic carbocycles. The number of amides is 2. The fraction of sp³-hybridized carbons (Fsp3) is 0.833. The van der Waals surface area contributed by atoms with Crippen molar-refractivity contribution in [3.8, 4) is 0 Å². The first-order valence-electron chi connectivity index (χ1n) is 6.04. The average Bonchev–Trinajstić information content (AvgIpc) is 2.22. The summed E-state index contributed by atoms with van der Waals surface area (Å²) in [5.41, 5.74) is 0. The Morgan fingerprint density at radius 2 is 1.82 bits per heavy atom. The van der Waals surface area contributed by atoms with Crippen LogP contribution in [0.25, 0.3) is 0 Å². The van der Waals surface area contributed by atoms with Gasteiger partial charge in [-0.2, -0.15) is 0 Å². The van der Waals surface area contributed by atoms with Crippen molar-refractivity contribution in [2.45, 2.75) is 40.2 Å². The molecule has 0 aliphatic rings. The van der Waals surface area contributed by atoms with Crippen LogP contribution in [-0.2, 0) is 9.59 Å². The lowest BCUT2D eigenvalue weighted by Gasteiger charge is -2.22. The van der Waals surface area contributed by atoms with Crippen molar-refractivity contribution < 1.29 is 14.7 Å². The topological polar surface area (TPSA) is 78.4 Å². The van der Waals surface area contributed by atoms with Crippen LogP contribution in [0.2, 0.25) is 0 Å². The summed E-state index contributed by atoms with van der Waals surface area (Å²) in [4.78, 5) is 22.8. The molecule has 2 atom stereocenters. The monoisotopic (exact) mass is 244 g/mol. The second kappa shape index (κ2) is 8.06. The van der Waals surface area contributed by atoms with Crippen LogP contribution in [0.15, 0.2) is 0 Å². The summed E-state index contributed by atoms with van der Waals surface area (Å²) in [7, 11) is 0. The Hall–Kier alpha value is -1.10. The second-order valence-corrected chi connectivity index (χ2v) is 4.78. The van der Waals surface area contributed by atoms with Gasteiger partial charge in [-0.15, -0.1) is 0 Å². The van der Waals surface area contributed by atoms with Crippen LogP contribution in [0.5, 0.6) is 0 Å². The zero-order valence-electron chi connectivity index (χ0n) is 11.1. The summed E-state index contributed by atoms with van der Waals surface area (Å²) < 4.78 is 0. The number of hydrogen-bond donors (Lipinski definition) is 3. The van der Waals surface area contributed by atoms with Crippen molar-refractivity contribution >= 4 is 11.8 Å². The molecule has 5 nitrogen and oxygen atoms in total. The van der Waals surface area contributed by atoms with Crippen LogP contribution in [-0.4, -0.2) is 36.1 Å². The van der Waals surface area contributed by atoms with Gasteiger partial charge in [-0.05, 0) is 18.3 Å². The molecule has 0 rings (SSSR count). The van der Waals surface area contributed by atoms with Gasteiger partial charge in [-0.3, -0.25) is 9.59 Å². The zero-order chi connectivity index (χ0) is 13.4. The molecule has 100 valence electrons. The fourth-order valence-electron chi connectivity index (χ4n) is 1.46. The van der Waals surface area contributed by atoms with Crippen LogP contribution < -0.4 is 10.6 Å². The third-order valence-corrected chi connectivity index (χ3v) is 2.55. The van der Waals surface area contributed by atoms with Gasteiger partial charge in [-0.1, -0.05) is 20.8 Å². The number of nitrogens with one attached hydrogen (secondary N) is 2. The molecule has 0 heterocycles. The maximum Gasteiger partial charge on any atom is 0.242 e. The Morgan fingerprint density at radius 3 is 2.24 bits per heavy atom. The Bertz CT molecular complexity index is 254. The van der Waals surface area contributed by atoms with Gasteiger partial charge < -0.3 is 15.7 Å². The average molecular weight is 244 g/mol. The third kappa shape index (κ3) is 6.94. The summed E-state index contributed by atoms with van der Waals surface area (Å²) in [5, 5.41) is 14.2. The number of aliphatic hydroxyl groups is 1. The molecule has 0 aromatic carbocycles. The van der Waals surface area contributed by atoms with Crippen LogP contribution in [0.3, 0.4) is 0 Å². The molecule has 2 amide bonds. The minimum Gasteiger partial charge on any atom is -0.396 e. The van der Waals surface area contributed by atoms with E-state index < -0.39 is 6.04 Å². The summed E-state index contributed by atoms with van der Waals surface area (Å²) in [6.45, 7) is 7.77. The maximum atomic E-state index is 11.8. The molecule has 0 fully saturated rings. The van der Waals surface area contributed by atoms with E-state index in [0.29, 0.717) is 13.0 Å². The second-order valence-electron chi connectivity index (χ2n) is 4.78. The fourth-order valence-corrected chi connectivity index (χ4v) is 1.46. The summed E-state index contributed by atoms with van der Waals surface area (Å²) >= 11 is 0. The van der Waals surface area contributed by atoms with E-state index in [1.165, 1.54) is 6.92 Å². The highest BCUT2D eigenvalue weighted by Crippen LogP contribution is 2.03. The number of aliphatic hydroxyl groups excluding tert-OH is 1. The Labute approximate surface area is 103 Å². The first-order chi connectivity index (χ1) is 7.88. The van der Waals surface area contributed by atoms with Crippen LogP contribution in [0.1, 0.15) is 34.1 Å². The molecule has 0 bridgehead atoms. The van der Waals surface area contributed by atoms with Crippen molar-refractivity contribution in [3.63, 3.8) is 0 Å². The molecule has 0 saturated heterocycles. The molecule has 17 heavy (non-hydrogen) atoms. The largest absolute Gasteiger partial charge is 0.396 e. The van der Waals surface area contributed by atoms with E-state index in [-0.39, 0.29) is 30.3 Å². The van der Waals surface area contributed by atoms with E-state index in [1.54, 1.807) is 0 Å². The minimum absolute atomic E-state index is 0.0482. The number of rotatable bonds is 7. The van der Waals surface area contributed by atoms with Gasteiger partial charge in [0.15, 0.2) is 0 Å². The molecule has 3 N–H and O–H groups in total. The molecule has 0 aliphatic heterocycles. The summed E-state index contributed by atoms with van der Waals surface area (Å²) in [6, 6.07) is -0.492. The maximum absolute atomic E-state index is 11.8. The van der Waals surface area contributed by atoms with Gasteiger partial charge in [0, 0.05) is 20.1 Å². The van der Waals surface area contributed by atoms with Gasteiger partial charge in [0.2, 0.25) is 11.8 Å². The summed E-state index contributed by atoms with van der Waals surface area (Å²) in [6.07, 6.45) is 0.659. The Balaban J connectivity index is 4.19. The van der Waals surface area contributed by atoms with Crippen LogP contribution in [0.4, 0.5) is 0 Å². The highest BCUT2D eigenvalue weighted by Gasteiger charge is 2.22. The molecular weight excluding hydrogens is 220 g/mol. The first-order valence-corrected chi connectivity index (χ1v) is 6.04. The highest BCUT2D eigenvalue weighted by atomic mass is 16.3. The molecule has 0 aromatic heterocycles. The number of carbonyl (C=O) groups excluding carboxylic acids is 2. The van der Waals surface area contributed by atoms with Crippen molar-refractivity contribution in [1.29, 1.82) is 0 Å². The lowest BCUT2D eigenvalue weighted by atomic mass is 10.0. The van der Waals surface area contributed by atoms with Crippen LogP contribution >= 0.6 is 0 Å². The molecule has 0 saturated carbocycles. The van der Waals surface area contributed by atoms with E-state index in [2.05, 4.69) is 10.6 Å². The normalized spacial score (nSPS) is 14.2. The van der Waals surface area contributed by atoms with Gasteiger partial charge in [-0.25, -0.2) is 0 Å². The molecule has 2 unspecified atom stereocenters. The van der Waals surface area contributed by atoms with Gasteiger partial charge in [0.1, 0.15) is 6.04 Å². The van der Waals surface area contributed by atoms with E-state index in [4.69, 9.17) is 5.11 Å². The first kappa shape index (κ1) is 15.9. The molecular formula is C12H24N2O3. The van der Waals surface area contributed by atoms with E-state index in [0.717, 1.165) is 0 Å². The Kier molecular flexibility index (Phi) is 7.54. The molecule has 0 radical (unpaired) electrons. The lowest BCUT2D eigenvalue weighted by Crippen LogP contribution is -2.49. The molecule has 5 heteroatoms. The quantitative estimate of drug-likeness (QED) is 0.602. The Morgan fingerprint density at radius 1 is 1.24 bits per heavy atom. The standard InChI is InChI=1S/C12H24N2O3/c1-8(2)11(14-10(4)16)12(17)13-7-9(3)5-6-15/h8-9,11,15H,5-7H2,1-4H3,(H,13,17)(H,14,16). The SMILES string of the molecule is CC(=O)NC(C(=O)NCC(C)CCO)C(C)C. The van der Waals surface area contributed by atoms with E-state index in [1.807, 2.05) is 20.8 Å². The number of carbonyl (C=O) groups is 2. The smallest absolute Gasteiger partial charge is 0.242 e. The van der Waals surface area contributed by atoms with Crippen LogP contribution in [0, 0.1) is 11.8 Å². The summed E-state index contributed by atoms with van der Waals surface area (Å²) in [5.74, 6) is -0.0941. The van der Waals surface area contributed by atoms with Crippen molar-refractivity contribution in [2.24, 2.45) is 11.8 Å². The highest BCUT2D eigenvalue weighted by molar-refractivity contribution is 5.86. The predicted octanol–water partition coefficient (Wildman–Crippen LogP) is 0.282. The van der Waals surface area contributed by atoms with Crippen molar-refractivity contribution in [1.82, 2.24) is 10.6 Å².